The molecule has 0 radical (unpaired) electrons. The molecule has 0 bridgehead atoms. The number of rotatable bonds is 6. The van der Waals surface area contributed by atoms with Crippen LogP contribution in [0.2, 0.25) is 0 Å². The van der Waals surface area contributed by atoms with Crippen LogP contribution in [0.15, 0.2) is 6.20 Å². The molecule has 1 N–H and O–H groups in total. The molecule has 0 aliphatic heterocycles. The van der Waals surface area contributed by atoms with Crippen LogP contribution in [0.3, 0.4) is 0 Å². The quantitative estimate of drug-likeness (QED) is 0.805. The molecule has 1 saturated carbocycles. The van der Waals surface area contributed by atoms with Crippen molar-refractivity contribution in [1.82, 2.24) is 10.3 Å². The van der Waals surface area contributed by atoms with Crippen molar-refractivity contribution in [1.29, 1.82) is 0 Å². The molecule has 0 amide bonds. The predicted octanol–water partition coefficient (Wildman–Crippen LogP) is 1.97. The van der Waals surface area contributed by atoms with Crippen LogP contribution in [0.25, 0.3) is 0 Å². The van der Waals surface area contributed by atoms with E-state index in [2.05, 4.69) is 17.2 Å². The molecule has 4 heteroatoms. The van der Waals surface area contributed by atoms with Gasteiger partial charge in [-0.05, 0) is 19.8 Å². The molecule has 1 atom stereocenters. The van der Waals surface area contributed by atoms with E-state index in [1.807, 2.05) is 6.20 Å². The molecular weight excluding hydrogens is 208 g/mol. The highest BCUT2D eigenvalue weighted by Crippen LogP contribution is 2.21. The van der Waals surface area contributed by atoms with Gasteiger partial charge in [-0.2, -0.15) is 0 Å². The third-order valence-corrected chi connectivity index (χ3v) is 3.63. The van der Waals surface area contributed by atoms with Crippen molar-refractivity contribution in [3.05, 3.63) is 16.1 Å². The highest BCUT2D eigenvalue weighted by Gasteiger charge is 2.20. The fourth-order valence-electron chi connectivity index (χ4n) is 1.39. The molecule has 0 aromatic carbocycles. The fourth-order valence-corrected chi connectivity index (χ4v) is 2.37. The summed E-state index contributed by atoms with van der Waals surface area (Å²) in [6, 6.07) is 0.772. The number of ether oxygens (including phenoxy) is 1. The fraction of sp³-hybridized carbons (Fsp3) is 0.727. The first-order valence-corrected chi connectivity index (χ1v) is 6.29. The summed E-state index contributed by atoms with van der Waals surface area (Å²) in [5.41, 5.74) is 0. The van der Waals surface area contributed by atoms with E-state index in [1.165, 1.54) is 22.7 Å². The minimum Gasteiger partial charge on any atom is -0.381 e. The molecule has 0 spiro atoms. The first-order valence-electron chi connectivity index (χ1n) is 5.47. The van der Waals surface area contributed by atoms with E-state index >= 15 is 0 Å². The van der Waals surface area contributed by atoms with Crippen molar-refractivity contribution in [2.45, 2.75) is 44.9 Å². The van der Waals surface area contributed by atoms with Crippen LogP contribution in [0.4, 0.5) is 0 Å². The van der Waals surface area contributed by atoms with Gasteiger partial charge in [0.05, 0.1) is 11.1 Å². The third-order valence-electron chi connectivity index (χ3n) is 2.61. The van der Waals surface area contributed by atoms with Crippen molar-refractivity contribution >= 4 is 11.3 Å². The Bertz CT molecular complexity index is 309. The van der Waals surface area contributed by atoms with E-state index in [0.29, 0.717) is 0 Å². The zero-order chi connectivity index (χ0) is 10.7. The van der Waals surface area contributed by atoms with Crippen LogP contribution in [-0.4, -0.2) is 24.2 Å². The smallest absolute Gasteiger partial charge is 0.0953 e. The van der Waals surface area contributed by atoms with E-state index in [4.69, 9.17) is 4.74 Å². The lowest BCUT2D eigenvalue weighted by Crippen LogP contribution is -2.14. The first kappa shape index (κ1) is 11.0. The van der Waals surface area contributed by atoms with Crippen molar-refractivity contribution in [3.63, 3.8) is 0 Å². The maximum atomic E-state index is 5.22. The number of aromatic nitrogens is 1. The second kappa shape index (κ2) is 5.05. The lowest BCUT2D eigenvalue weighted by molar-refractivity contribution is 0.119. The maximum Gasteiger partial charge on any atom is 0.0953 e. The zero-order valence-electron chi connectivity index (χ0n) is 9.32. The van der Waals surface area contributed by atoms with Crippen molar-refractivity contribution < 1.29 is 4.74 Å². The summed E-state index contributed by atoms with van der Waals surface area (Å²) in [5, 5.41) is 4.67. The molecule has 84 valence electrons. The highest BCUT2D eigenvalue weighted by molar-refractivity contribution is 7.11. The molecule has 1 fully saturated rings. The van der Waals surface area contributed by atoms with Crippen LogP contribution in [0.1, 0.15) is 29.7 Å². The minimum absolute atomic E-state index is 0.264. The van der Waals surface area contributed by atoms with E-state index < -0.39 is 0 Å². The second-order valence-electron chi connectivity index (χ2n) is 4.13. The zero-order valence-corrected chi connectivity index (χ0v) is 10.1. The summed E-state index contributed by atoms with van der Waals surface area (Å²) < 4.78 is 5.22. The topological polar surface area (TPSA) is 34.1 Å². The Labute approximate surface area is 94.9 Å². The molecule has 3 nitrogen and oxygen atoms in total. The van der Waals surface area contributed by atoms with Gasteiger partial charge in [0.15, 0.2) is 0 Å². The minimum atomic E-state index is 0.264. The van der Waals surface area contributed by atoms with Crippen LogP contribution in [0, 0.1) is 0 Å². The van der Waals surface area contributed by atoms with Gasteiger partial charge in [0.25, 0.3) is 0 Å². The van der Waals surface area contributed by atoms with Crippen LogP contribution < -0.4 is 5.32 Å². The second-order valence-corrected chi connectivity index (χ2v) is 5.33. The summed E-state index contributed by atoms with van der Waals surface area (Å²) in [7, 11) is 1.74. The average molecular weight is 226 g/mol. The van der Waals surface area contributed by atoms with Gasteiger partial charge in [-0.3, -0.25) is 0 Å². The van der Waals surface area contributed by atoms with Gasteiger partial charge in [0.1, 0.15) is 0 Å². The molecule has 2 rings (SSSR count). The molecule has 1 aromatic rings. The predicted molar refractivity (Wildman–Crippen MR) is 62.2 cm³/mol. The van der Waals surface area contributed by atoms with Crippen molar-refractivity contribution in [2.75, 3.05) is 7.11 Å². The number of nitrogens with one attached hydrogen (secondary N) is 1. The molecule has 1 aromatic heterocycles. The number of nitrogens with zero attached hydrogens (tertiary/aromatic N) is 1. The molecule has 15 heavy (non-hydrogen) atoms. The largest absolute Gasteiger partial charge is 0.381 e. The van der Waals surface area contributed by atoms with Gasteiger partial charge in [0.2, 0.25) is 0 Å². The summed E-state index contributed by atoms with van der Waals surface area (Å²) in [6.45, 7) is 3.05. The first-order chi connectivity index (χ1) is 7.28. The summed E-state index contributed by atoms with van der Waals surface area (Å²) in [4.78, 5) is 5.73. The van der Waals surface area contributed by atoms with Gasteiger partial charge < -0.3 is 10.1 Å². The van der Waals surface area contributed by atoms with Gasteiger partial charge in [-0.25, -0.2) is 4.98 Å². The lowest BCUT2D eigenvalue weighted by Gasteiger charge is -2.05. The Hall–Kier alpha value is -0.450. The van der Waals surface area contributed by atoms with Gasteiger partial charge >= 0.3 is 0 Å². The number of hydrogen-bond donors (Lipinski definition) is 1. The molecule has 1 unspecified atom stereocenters. The van der Waals surface area contributed by atoms with Gasteiger partial charge in [-0.15, -0.1) is 11.3 Å². The normalized spacial score (nSPS) is 18.0. The van der Waals surface area contributed by atoms with E-state index in [-0.39, 0.29) is 6.10 Å². The average Bonchev–Trinajstić information content (AvgIpc) is 2.97. The van der Waals surface area contributed by atoms with E-state index in [0.717, 1.165) is 19.0 Å². The molecular formula is C11H18N2OS. The maximum absolute atomic E-state index is 5.22. The summed E-state index contributed by atoms with van der Waals surface area (Å²) >= 11 is 1.79. The van der Waals surface area contributed by atoms with Crippen LogP contribution >= 0.6 is 11.3 Å². The van der Waals surface area contributed by atoms with Gasteiger partial charge in [-0.1, -0.05) is 0 Å². The van der Waals surface area contributed by atoms with Crippen LogP contribution in [-0.2, 0) is 17.7 Å². The Kier molecular flexibility index (Phi) is 3.72. The molecule has 1 heterocycles. The molecule has 1 aliphatic carbocycles. The standard InChI is InChI=1S/C11H18N2OS/c1-8(14-2)5-11-13-7-10(15-11)6-12-9-3-4-9/h7-9,12H,3-6H2,1-2H3. The van der Waals surface area contributed by atoms with Gasteiger partial charge in [0, 0.05) is 37.2 Å². The summed E-state index contributed by atoms with van der Waals surface area (Å²) in [5.74, 6) is 0. The molecule has 0 saturated heterocycles. The third kappa shape index (κ3) is 3.55. The number of thiazole rings is 1. The van der Waals surface area contributed by atoms with Crippen LogP contribution in [0.5, 0.6) is 0 Å². The Balaban J connectivity index is 1.79. The monoisotopic (exact) mass is 226 g/mol. The van der Waals surface area contributed by atoms with Crippen molar-refractivity contribution in [2.24, 2.45) is 0 Å². The SMILES string of the molecule is COC(C)Cc1ncc(CNC2CC2)s1. The number of hydrogen-bond acceptors (Lipinski definition) is 4. The van der Waals surface area contributed by atoms with Crippen molar-refractivity contribution in [3.8, 4) is 0 Å². The Morgan fingerprint density at radius 2 is 2.47 bits per heavy atom. The number of methoxy groups -OCH3 is 1. The Morgan fingerprint density at radius 1 is 1.67 bits per heavy atom. The Morgan fingerprint density at radius 3 is 3.13 bits per heavy atom. The molecule has 1 aliphatic rings. The van der Waals surface area contributed by atoms with E-state index in [1.54, 1.807) is 18.4 Å². The summed E-state index contributed by atoms with van der Waals surface area (Å²) in [6.07, 6.45) is 5.85. The van der Waals surface area contributed by atoms with E-state index in [9.17, 15) is 0 Å². The lowest BCUT2D eigenvalue weighted by atomic mass is 10.3. The highest BCUT2D eigenvalue weighted by atomic mass is 32.1.